The van der Waals surface area contributed by atoms with Gasteiger partial charge in [-0.25, -0.2) is 0 Å². The first-order chi connectivity index (χ1) is 17.8. The number of nitrogens with two attached hydrogens (primary N) is 1. The Morgan fingerprint density at radius 1 is 1.03 bits per heavy atom. The van der Waals surface area contributed by atoms with E-state index in [1.165, 1.54) is 16.8 Å². The quantitative estimate of drug-likeness (QED) is 0.347. The molecule has 3 rings (SSSR count). The molecule has 37 heavy (non-hydrogen) atoms. The minimum absolute atomic E-state index is 0.0130. The maximum atomic E-state index is 8.00. The highest BCUT2D eigenvalue weighted by atomic mass is 16.1. The third kappa shape index (κ3) is 8.79. The SMILES string of the molecule is C=O.C=O.CN=C(CC(C)(C)C(C)(C)c1cccc(N2CCNCC2)c1)N[C@@H](CCN)c1ccccc1. The number of benzene rings is 2. The molecular weight excluding hydrogens is 462 g/mol. The highest BCUT2D eigenvalue weighted by Gasteiger charge is 2.39. The van der Waals surface area contributed by atoms with E-state index in [0.29, 0.717) is 6.54 Å². The molecule has 1 fully saturated rings. The molecule has 4 N–H and O–H groups in total. The van der Waals surface area contributed by atoms with Crippen molar-refractivity contribution in [2.24, 2.45) is 16.1 Å². The van der Waals surface area contributed by atoms with Gasteiger partial charge in [0, 0.05) is 45.3 Å². The molecule has 0 radical (unpaired) electrons. The fraction of sp³-hybridized carbons (Fsp3) is 0.500. The highest BCUT2D eigenvalue weighted by molar-refractivity contribution is 5.83. The molecule has 1 aliphatic rings. The summed E-state index contributed by atoms with van der Waals surface area (Å²) in [6.45, 7) is 18.3. The van der Waals surface area contributed by atoms with Gasteiger partial charge in [0.1, 0.15) is 13.6 Å². The third-order valence-electron chi connectivity index (χ3n) is 7.62. The lowest BCUT2D eigenvalue weighted by molar-refractivity contribution is -0.0987. The Morgan fingerprint density at radius 2 is 1.65 bits per heavy atom. The summed E-state index contributed by atoms with van der Waals surface area (Å²) in [4.78, 5) is 23.2. The first-order valence-electron chi connectivity index (χ1n) is 12.9. The van der Waals surface area contributed by atoms with Crippen molar-refractivity contribution in [3.05, 3.63) is 65.7 Å². The number of piperazine rings is 1. The zero-order valence-electron chi connectivity index (χ0n) is 23.4. The van der Waals surface area contributed by atoms with Crippen molar-refractivity contribution in [1.29, 1.82) is 0 Å². The van der Waals surface area contributed by atoms with Crippen LogP contribution in [0.3, 0.4) is 0 Å². The molecule has 2 aromatic rings. The van der Waals surface area contributed by atoms with E-state index in [1.54, 1.807) is 0 Å². The lowest BCUT2D eigenvalue weighted by Crippen LogP contribution is -2.44. The second-order valence-electron chi connectivity index (χ2n) is 10.3. The van der Waals surface area contributed by atoms with Gasteiger partial charge in [-0.3, -0.25) is 4.99 Å². The Labute approximate surface area is 223 Å². The number of hydrogen-bond acceptors (Lipinski definition) is 6. The van der Waals surface area contributed by atoms with E-state index in [9.17, 15) is 0 Å². The van der Waals surface area contributed by atoms with Gasteiger partial charge < -0.3 is 30.9 Å². The smallest absolute Gasteiger partial charge is 0.106 e. The molecule has 1 atom stereocenters. The molecule has 0 bridgehead atoms. The van der Waals surface area contributed by atoms with Crippen LogP contribution >= 0.6 is 0 Å². The monoisotopic (exact) mass is 509 g/mol. The second-order valence-corrected chi connectivity index (χ2v) is 10.3. The lowest BCUT2D eigenvalue weighted by atomic mass is 9.62. The molecule has 2 aromatic carbocycles. The van der Waals surface area contributed by atoms with Gasteiger partial charge in [0.25, 0.3) is 0 Å². The average Bonchev–Trinajstić information content (AvgIpc) is 2.95. The Kier molecular flexibility index (Phi) is 13.8. The molecule has 7 heteroatoms. The predicted octanol–water partition coefficient (Wildman–Crippen LogP) is 4.13. The van der Waals surface area contributed by atoms with Crippen LogP contribution in [0.2, 0.25) is 0 Å². The van der Waals surface area contributed by atoms with Crippen LogP contribution in [0.5, 0.6) is 0 Å². The fourth-order valence-corrected chi connectivity index (χ4v) is 4.61. The number of nitrogens with zero attached hydrogens (tertiary/aromatic N) is 2. The Bertz CT molecular complexity index is 938. The van der Waals surface area contributed by atoms with Crippen molar-refractivity contribution in [2.45, 2.75) is 52.0 Å². The minimum Gasteiger partial charge on any atom is -0.369 e. The lowest BCUT2D eigenvalue weighted by Gasteiger charge is -2.43. The summed E-state index contributed by atoms with van der Waals surface area (Å²) in [5.74, 6) is 1.04. The summed E-state index contributed by atoms with van der Waals surface area (Å²) in [7, 11) is 1.89. The number of carbonyl (C=O) groups is 2. The van der Waals surface area contributed by atoms with Crippen LogP contribution in [0.25, 0.3) is 0 Å². The van der Waals surface area contributed by atoms with Crippen LogP contribution in [0, 0.1) is 5.41 Å². The topological polar surface area (TPSA) is 99.8 Å². The Hall–Kier alpha value is -3.03. The molecule has 0 aliphatic carbocycles. The normalized spacial score (nSPS) is 15.0. The first-order valence-corrected chi connectivity index (χ1v) is 12.9. The first kappa shape index (κ1) is 32.0. The zero-order chi connectivity index (χ0) is 27.9. The molecule has 0 unspecified atom stereocenters. The molecule has 1 saturated heterocycles. The molecule has 0 spiro atoms. The summed E-state index contributed by atoms with van der Waals surface area (Å²) in [6.07, 6.45) is 1.74. The number of amidine groups is 1. The van der Waals surface area contributed by atoms with Gasteiger partial charge in [0.15, 0.2) is 0 Å². The Balaban J connectivity index is 0.00000163. The van der Waals surface area contributed by atoms with Crippen LogP contribution in [-0.4, -0.2) is 59.2 Å². The highest BCUT2D eigenvalue weighted by Crippen LogP contribution is 2.44. The van der Waals surface area contributed by atoms with Crippen LogP contribution in [-0.2, 0) is 15.0 Å². The van der Waals surface area contributed by atoms with Gasteiger partial charge in [-0.1, -0.05) is 70.2 Å². The molecule has 0 aromatic heterocycles. The van der Waals surface area contributed by atoms with Crippen LogP contribution < -0.4 is 21.3 Å². The van der Waals surface area contributed by atoms with Gasteiger partial charge in [0.05, 0.1) is 11.9 Å². The number of aliphatic imine (C=N–C) groups is 1. The van der Waals surface area contributed by atoms with Crippen LogP contribution in [0.4, 0.5) is 5.69 Å². The standard InChI is InChI=1S/C28H43N5.2CH2O/c1-27(2,21-26(30-5)32-25(14-15-29)22-10-7-6-8-11-22)28(3,4)23-12-9-13-24(20-23)33-18-16-31-17-19-33;2*1-2/h6-13,20,25,31H,14-19,21,29H2,1-5H3,(H,30,32);2*1H2/t25-;;/m0../s1. The molecule has 1 aliphatic heterocycles. The number of carbonyl (C=O) groups excluding carboxylic acids is 2. The molecule has 0 amide bonds. The van der Waals surface area contributed by atoms with Crippen molar-refractivity contribution < 1.29 is 9.59 Å². The summed E-state index contributed by atoms with van der Waals surface area (Å²) in [5, 5.41) is 7.17. The van der Waals surface area contributed by atoms with E-state index < -0.39 is 0 Å². The summed E-state index contributed by atoms with van der Waals surface area (Å²) < 4.78 is 0. The van der Waals surface area contributed by atoms with E-state index in [-0.39, 0.29) is 16.9 Å². The van der Waals surface area contributed by atoms with Crippen LogP contribution in [0.1, 0.15) is 57.7 Å². The van der Waals surface area contributed by atoms with E-state index in [0.717, 1.165) is 44.9 Å². The molecule has 7 nitrogen and oxygen atoms in total. The van der Waals surface area contributed by atoms with Crippen molar-refractivity contribution in [2.75, 3.05) is 44.7 Å². The van der Waals surface area contributed by atoms with E-state index in [2.05, 4.69) is 103 Å². The van der Waals surface area contributed by atoms with Gasteiger partial charge in [-0.2, -0.15) is 0 Å². The molecule has 204 valence electrons. The number of rotatable bonds is 9. The summed E-state index contributed by atoms with van der Waals surface area (Å²) in [5.41, 5.74) is 9.85. The van der Waals surface area contributed by atoms with Crippen molar-refractivity contribution >= 4 is 25.1 Å². The average molecular weight is 510 g/mol. The molecule has 0 saturated carbocycles. The van der Waals surface area contributed by atoms with Crippen molar-refractivity contribution in [3.8, 4) is 0 Å². The van der Waals surface area contributed by atoms with Gasteiger partial charge in [-0.05, 0) is 47.1 Å². The zero-order valence-corrected chi connectivity index (χ0v) is 23.4. The summed E-state index contributed by atoms with van der Waals surface area (Å²) >= 11 is 0. The number of hydrogen-bond donors (Lipinski definition) is 3. The third-order valence-corrected chi connectivity index (χ3v) is 7.62. The second kappa shape index (κ2) is 15.9. The van der Waals surface area contributed by atoms with Crippen molar-refractivity contribution in [3.63, 3.8) is 0 Å². The molecular formula is C30H47N5O2. The van der Waals surface area contributed by atoms with Gasteiger partial charge in [-0.15, -0.1) is 0 Å². The van der Waals surface area contributed by atoms with Crippen LogP contribution in [0.15, 0.2) is 59.6 Å². The maximum absolute atomic E-state index is 8.00. The fourth-order valence-electron chi connectivity index (χ4n) is 4.61. The van der Waals surface area contributed by atoms with E-state index in [1.807, 2.05) is 20.6 Å². The maximum Gasteiger partial charge on any atom is 0.106 e. The van der Waals surface area contributed by atoms with Crippen molar-refractivity contribution in [1.82, 2.24) is 10.6 Å². The van der Waals surface area contributed by atoms with E-state index in [4.69, 9.17) is 15.3 Å². The van der Waals surface area contributed by atoms with Gasteiger partial charge in [0.2, 0.25) is 0 Å². The van der Waals surface area contributed by atoms with Gasteiger partial charge >= 0.3 is 0 Å². The summed E-state index contributed by atoms with van der Waals surface area (Å²) in [6, 6.07) is 19.9. The number of anilines is 1. The number of nitrogens with one attached hydrogen (secondary N) is 2. The Morgan fingerprint density at radius 3 is 2.22 bits per heavy atom. The predicted molar refractivity (Wildman–Crippen MR) is 157 cm³/mol. The van der Waals surface area contributed by atoms with E-state index >= 15 is 0 Å². The minimum atomic E-state index is -0.0369. The molecule has 1 heterocycles. The largest absolute Gasteiger partial charge is 0.369 e.